The lowest BCUT2D eigenvalue weighted by Gasteiger charge is -2.18. The molecule has 0 aliphatic heterocycles. The van der Waals surface area contributed by atoms with E-state index in [2.05, 4.69) is 0 Å². The van der Waals surface area contributed by atoms with Gasteiger partial charge in [-0.3, -0.25) is 5.11 Å². The van der Waals surface area contributed by atoms with Gasteiger partial charge < -0.3 is 9.47 Å². The summed E-state index contributed by atoms with van der Waals surface area (Å²) in [6.45, 7) is 1.04. The first-order valence-corrected chi connectivity index (χ1v) is 11.5. The van der Waals surface area contributed by atoms with Crippen LogP contribution in [0.25, 0.3) is 11.1 Å². The molecule has 3 nitrogen and oxygen atoms in total. The smallest absolute Gasteiger partial charge is 0.186 e. The van der Waals surface area contributed by atoms with Gasteiger partial charge >= 0.3 is 0 Å². The van der Waals surface area contributed by atoms with E-state index in [0.717, 1.165) is 33.6 Å². The van der Waals surface area contributed by atoms with Gasteiger partial charge in [0.05, 0.1) is 20.3 Å². The molecule has 4 rings (SSSR count). The van der Waals surface area contributed by atoms with Crippen LogP contribution < -0.4 is 4.74 Å². The fourth-order valence-electron chi connectivity index (χ4n) is 3.93. The van der Waals surface area contributed by atoms with Gasteiger partial charge in [-0.15, -0.1) is 0 Å². The molecular weight excluding hydrogens is 444 g/mol. The fraction of sp³-hybridized carbons (Fsp3) is 0.133. The third kappa shape index (κ3) is 5.88. The Morgan fingerprint density at radius 2 is 1.41 bits per heavy atom. The van der Waals surface area contributed by atoms with Crippen LogP contribution in [0.5, 0.6) is 11.5 Å². The van der Waals surface area contributed by atoms with Crippen LogP contribution in [0.3, 0.4) is 0 Å². The zero-order valence-corrected chi connectivity index (χ0v) is 19.8. The summed E-state index contributed by atoms with van der Waals surface area (Å²) in [4.78, 5) is 0. The van der Waals surface area contributed by atoms with Crippen molar-refractivity contribution in [3.63, 3.8) is 0 Å². The van der Waals surface area contributed by atoms with Crippen LogP contribution in [-0.2, 0) is 16.5 Å². The molecule has 0 aliphatic rings. The molecule has 171 valence electrons. The molecule has 1 radical (unpaired) electrons. The molecule has 34 heavy (non-hydrogen) atoms. The van der Waals surface area contributed by atoms with Gasteiger partial charge in [-0.1, -0.05) is 84.4 Å². The summed E-state index contributed by atoms with van der Waals surface area (Å²) in [5.41, 5.74) is 5.64. The Labute approximate surface area is 205 Å². The SMILES string of the molecule is COc1ccc(/C(=C(\CCOCc2ccccc2)c2ccc(Cl)cc2)c2ccccc2[O])cc1. The van der Waals surface area contributed by atoms with Crippen molar-refractivity contribution in [3.8, 4) is 11.5 Å². The Balaban J connectivity index is 1.77. The van der Waals surface area contributed by atoms with Crippen LogP contribution in [0.15, 0.2) is 103 Å². The molecule has 4 heteroatoms. The van der Waals surface area contributed by atoms with Gasteiger partial charge in [-0.2, -0.15) is 0 Å². The highest BCUT2D eigenvalue weighted by Gasteiger charge is 2.18. The predicted octanol–water partition coefficient (Wildman–Crippen LogP) is 8.06. The van der Waals surface area contributed by atoms with Gasteiger partial charge in [0.1, 0.15) is 5.75 Å². The molecule has 0 amide bonds. The van der Waals surface area contributed by atoms with E-state index < -0.39 is 0 Å². The predicted molar refractivity (Wildman–Crippen MR) is 138 cm³/mol. The molecule has 0 saturated heterocycles. The van der Waals surface area contributed by atoms with Crippen LogP contribution in [0.4, 0.5) is 0 Å². The molecule has 0 fully saturated rings. The first-order valence-electron chi connectivity index (χ1n) is 11.2. The van der Waals surface area contributed by atoms with Gasteiger partial charge in [-0.25, -0.2) is 0 Å². The van der Waals surface area contributed by atoms with E-state index in [9.17, 15) is 5.11 Å². The van der Waals surface area contributed by atoms with Crippen molar-refractivity contribution in [3.05, 3.63) is 130 Å². The van der Waals surface area contributed by atoms with Crippen LogP contribution in [0.1, 0.15) is 28.7 Å². The number of hydrogen-bond donors (Lipinski definition) is 0. The molecule has 0 saturated carbocycles. The molecule has 0 N–H and O–H groups in total. The summed E-state index contributed by atoms with van der Waals surface area (Å²) >= 11 is 6.18. The molecule has 0 aliphatic carbocycles. The van der Waals surface area contributed by atoms with Crippen molar-refractivity contribution in [1.82, 2.24) is 0 Å². The van der Waals surface area contributed by atoms with Gasteiger partial charge in [-0.05, 0) is 64.6 Å². The number of hydrogen-bond acceptors (Lipinski definition) is 2. The molecule has 0 spiro atoms. The molecule has 0 heterocycles. The summed E-state index contributed by atoms with van der Waals surface area (Å²) in [5.74, 6) is 0.739. The van der Waals surface area contributed by atoms with E-state index in [1.807, 2.05) is 91.0 Å². The van der Waals surface area contributed by atoms with Crippen molar-refractivity contribution >= 4 is 22.7 Å². The Hall–Kier alpha value is -3.53. The summed E-state index contributed by atoms with van der Waals surface area (Å²) < 4.78 is 11.4. The normalized spacial score (nSPS) is 11.7. The zero-order valence-electron chi connectivity index (χ0n) is 19.0. The largest absolute Gasteiger partial charge is 0.497 e. The summed E-state index contributed by atoms with van der Waals surface area (Å²) in [7, 11) is 1.64. The van der Waals surface area contributed by atoms with E-state index in [-0.39, 0.29) is 5.75 Å². The van der Waals surface area contributed by atoms with Crippen LogP contribution >= 0.6 is 11.6 Å². The maximum Gasteiger partial charge on any atom is 0.186 e. The van der Waals surface area contributed by atoms with Gasteiger partial charge in [0.2, 0.25) is 0 Å². The first kappa shape index (κ1) is 23.6. The number of benzene rings is 4. The zero-order chi connectivity index (χ0) is 23.8. The summed E-state index contributed by atoms with van der Waals surface area (Å²) in [5, 5.41) is 13.6. The number of para-hydroxylation sites is 1. The minimum atomic E-state index is -0.0232. The van der Waals surface area contributed by atoms with Crippen LogP contribution in [0.2, 0.25) is 5.02 Å². The molecule has 0 unspecified atom stereocenters. The van der Waals surface area contributed by atoms with E-state index in [0.29, 0.717) is 30.2 Å². The molecular formula is C30H26ClO3. The van der Waals surface area contributed by atoms with E-state index in [4.69, 9.17) is 21.1 Å². The minimum absolute atomic E-state index is 0.0232. The Morgan fingerprint density at radius 1 is 0.765 bits per heavy atom. The highest BCUT2D eigenvalue weighted by Crippen LogP contribution is 2.39. The fourth-order valence-corrected chi connectivity index (χ4v) is 4.05. The number of methoxy groups -OCH3 is 1. The van der Waals surface area contributed by atoms with Crippen LogP contribution in [-0.4, -0.2) is 13.7 Å². The van der Waals surface area contributed by atoms with Gasteiger partial charge in [0, 0.05) is 10.6 Å². The topological polar surface area (TPSA) is 38.4 Å². The van der Waals surface area contributed by atoms with Crippen molar-refractivity contribution < 1.29 is 14.6 Å². The number of rotatable bonds is 9. The number of ether oxygens (including phenoxy) is 2. The highest BCUT2D eigenvalue weighted by molar-refractivity contribution is 6.30. The third-order valence-corrected chi connectivity index (χ3v) is 5.89. The van der Waals surface area contributed by atoms with E-state index >= 15 is 0 Å². The monoisotopic (exact) mass is 469 g/mol. The van der Waals surface area contributed by atoms with Crippen LogP contribution in [0, 0.1) is 0 Å². The van der Waals surface area contributed by atoms with Crippen molar-refractivity contribution in [2.45, 2.75) is 13.0 Å². The lowest BCUT2D eigenvalue weighted by atomic mass is 9.87. The Bertz CT molecular complexity index is 1230. The van der Waals surface area contributed by atoms with Crippen molar-refractivity contribution in [1.29, 1.82) is 0 Å². The van der Waals surface area contributed by atoms with E-state index in [1.54, 1.807) is 19.2 Å². The number of halogens is 1. The second kappa shape index (κ2) is 11.6. The van der Waals surface area contributed by atoms with E-state index in [1.165, 1.54) is 0 Å². The maximum absolute atomic E-state index is 13.0. The lowest BCUT2D eigenvalue weighted by Crippen LogP contribution is -2.01. The molecule has 0 aromatic heterocycles. The Kier molecular flexibility index (Phi) is 8.03. The average Bonchev–Trinajstić information content (AvgIpc) is 2.88. The first-order chi connectivity index (χ1) is 16.7. The molecule has 0 bridgehead atoms. The quantitative estimate of drug-likeness (QED) is 0.183. The minimum Gasteiger partial charge on any atom is -0.497 e. The standard InChI is InChI=1S/C30H26ClO3/c1-33-26-17-13-24(14-18-26)30(28-9-5-6-10-29(28)32)27(23-11-15-25(31)16-12-23)19-20-34-21-22-7-3-2-4-8-22/h2-18H,19-21H2,1H3/b30-27-. The van der Waals surface area contributed by atoms with Crippen molar-refractivity contribution in [2.75, 3.05) is 13.7 Å². The summed E-state index contributed by atoms with van der Waals surface area (Å²) in [6.07, 6.45) is 0.629. The summed E-state index contributed by atoms with van der Waals surface area (Å²) in [6, 6.07) is 32.8. The molecule has 0 atom stereocenters. The molecule has 4 aromatic rings. The maximum atomic E-state index is 13.0. The van der Waals surface area contributed by atoms with Crippen molar-refractivity contribution in [2.24, 2.45) is 0 Å². The molecule has 4 aromatic carbocycles. The second-order valence-electron chi connectivity index (χ2n) is 7.87. The lowest BCUT2D eigenvalue weighted by molar-refractivity contribution is 0.126. The third-order valence-electron chi connectivity index (χ3n) is 5.64. The highest BCUT2D eigenvalue weighted by atomic mass is 35.5. The van der Waals surface area contributed by atoms with Gasteiger partial charge in [0.25, 0.3) is 0 Å². The average molecular weight is 470 g/mol. The Morgan fingerprint density at radius 3 is 2.09 bits per heavy atom. The second-order valence-corrected chi connectivity index (χ2v) is 8.31. The van der Waals surface area contributed by atoms with Gasteiger partial charge in [0.15, 0.2) is 5.75 Å².